The molecule has 0 unspecified atom stereocenters. The summed E-state index contributed by atoms with van der Waals surface area (Å²) in [5.41, 5.74) is 1.78. The topological polar surface area (TPSA) is 102 Å². The molecule has 1 atom stereocenters. The SMILES string of the molecule is CNC(=O)[C@H](C)N(Cc1cccc(OC)c1)C(=O)CSCc1ccc([N+](=O)[O-])cc1. The van der Waals surface area contributed by atoms with E-state index in [0.717, 1.165) is 11.1 Å². The highest BCUT2D eigenvalue weighted by molar-refractivity contribution is 7.99. The molecule has 0 spiro atoms. The Morgan fingerprint density at radius 1 is 1.20 bits per heavy atom. The zero-order valence-corrected chi connectivity index (χ0v) is 18.0. The number of hydrogen-bond donors (Lipinski definition) is 1. The van der Waals surface area contributed by atoms with Crippen molar-refractivity contribution in [1.82, 2.24) is 10.2 Å². The predicted octanol–water partition coefficient (Wildman–Crippen LogP) is 3.00. The van der Waals surface area contributed by atoms with Gasteiger partial charge in [-0.05, 0) is 30.2 Å². The zero-order valence-electron chi connectivity index (χ0n) is 17.2. The minimum absolute atomic E-state index is 0.0312. The molecule has 0 aromatic heterocycles. The van der Waals surface area contributed by atoms with Crippen molar-refractivity contribution in [1.29, 1.82) is 0 Å². The Morgan fingerprint density at radius 3 is 2.50 bits per heavy atom. The fraction of sp³-hybridized carbons (Fsp3) is 0.333. The van der Waals surface area contributed by atoms with Crippen molar-refractivity contribution in [3.05, 3.63) is 69.8 Å². The van der Waals surface area contributed by atoms with Gasteiger partial charge in [0.2, 0.25) is 11.8 Å². The third kappa shape index (κ3) is 6.48. The Balaban J connectivity index is 2.04. The highest BCUT2D eigenvalue weighted by Gasteiger charge is 2.25. The number of nitrogens with zero attached hydrogens (tertiary/aromatic N) is 2. The molecule has 160 valence electrons. The molecule has 2 aromatic carbocycles. The Hall–Kier alpha value is -3.07. The van der Waals surface area contributed by atoms with Gasteiger partial charge in [-0.25, -0.2) is 0 Å². The maximum Gasteiger partial charge on any atom is 0.269 e. The van der Waals surface area contributed by atoms with Crippen molar-refractivity contribution in [3.8, 4) is 5.75 Å². The van der Waals surface area contributed by atoms with Crippen molar-refractivity contribution in [3.63, 3.8) is 0 Å². The van der Waals surface area contributed by atoms with Gasteiger partial charge in [-0.3, -0.25) is 19.7 Å². The number of rotatable bonds is 10. The van der Waals surface area contributed by atoms with Crippen LogP contribution in [0.15, 0.2) is 48.5 Å². The lowest BCUT2D eigenvalue weighted by Crippen LogP contribution is -2.47. The molecule has 0 heterocycles. The lowest BCUT2D eigenvalue weighted by Gasteiger charge is -2.28. The molecular formula is C21H25N3O5S. The van der Waals surface area contributed by atoms with Crippen LogP contribution in [0.2, 0.25) is 0 Å². The maximum atomic E-state index is 12.9. The van der Waals surface area contributed by atoms with Crippen LogP contribution in [-0.2, 0) is 21.9 Å². The Morgan fingerprint density at radius 2 is 1.90 bits per heavy atom. The first kappa shape index (κ1) is 23.2. The molecule has 2 aromatic rings. The third-order valence-electron chi connectivity index (χ3n) is 4.54. The summed E-state index contributed by atoms with van der Waals surface area (Å²) in [4.78, 5) is 36.9. The fourth-order valence-electron chi connectivity index (χ4n) is 2.81. The van der Waals surface area contributed by atoms with E-state index in [1.807, 2.05) is 24.3 Å². The fourth-order valence-corrected chi connectivity index (χ4v) is 3.68. The molecule has 0 aliphatic rings. The standard InChI is InChI=1S/C21H25N3O5S/c1-15(21(26)22-2)23(12-17-5-4-6-19(11-17)29-3)20(25)14-30-13-16-7-9-18(10-8-16)24(27)28/h4-11,15H,12-14H2,1-3H3,(H,22,26)/t15-/m0/s1. The molecule has 0 saturated heterocycles. The summed E-state index contributed by atoms with van der Waals surface area (Å²) in [7, 11) is 3.11. The van der Waals surface area contributed by atoms with Gasteiger partial charge in [-0.1, -0.05) is 24.3 Å². The molecule has 0 radical (unpaired) electrons. The summed E-state index contributed by atoms with van der Waals surface area (Å²) in [6.07, 6.45) is 0. The van der Waals surface area contributed by atoms with Crippen molar-refractivity contribution in [2.75, 3.05) is 19.9 Å². The summed E-state index contributed by atoms with van der Waals surface area (Å²) in [5, 5.41) is 13.3. The van der Waals surface area contributed by atoms with Crippen LogP contribution in [-0.4, -0.2) is 47.6 Å². The van der Waals surface area contributed by atoms with Crippen molar-refractivity contribution < 1.29 is 19.2 Å². The van der Waals surface area contributed by atoms with Gasteiger partial charge in [0.05, 0.1) is 17.8 Å². The Kier molecular flexibility index (Phi) is 8.67. The minimum Gasteiger partial charge on any atom is -0.497 e. The summed E-state index contributed by atoms with van der Waals surface area (Å²) >= 11 is 1.39. The number of methoxy groups -OCH3 is 1. The van der Waals surface area contributed by atoms with Crippen LogP contribution in [0, 0.1) is 10.1 Å². The number of nitrogens with one attached hydrogen (secondary N) is 1. The quantitative estimate of drug-likeness (QED) is 0.458. The molecule has 0 bridgehead atoms. The molecule has 0 aliphatic carbocycles. The molecule has 0 fully saturated rings. The second-order valence-electron chi connectivity index (χ2n) is 6.58. The van der Waals surface area contributed by atoms with E-state index < -0.39 is 11.0 Å². The van der Waals surface area contributed by atoms with Gasteiger partial charge in [0, 0.05) is 31.5 Å². The molecule has 1 N–H and O–H groups in total. The van der Waals surface area contributed by atoms with E-state index in [9.17, 15) is 19.7 Å². The van der Waals surface area contributed by atoms with Gasteiger partial charge in [0.1, 0.15) is 11.8 Å². The van der Waals surface area contributed by atoms with Crippen LogP contribution in [0.1, 0.15) is 18.1 Å². The summed E-state index contributed by atoms with van der Waals surface area (Å²) in [5.74, 6) is 0.986. The van der Waals surface area contributed by atoms with Crippen molar-refractivity contribution >= 4 is 29.3 Å². The molecule has 2 amide bonds. The van der Waals surface area contributed by atoms with E-state index in [2.05, 4.69) is 5.32 Å². The number of amides is 2. The molecule has 0 aliphatic heterocycles. The maximum absolute atomic E-state index is 12.9. The molecular weight excluding hydrogens is 406 g/mol. The number of carbonyl (C=O) groups excluding carboxylic acids is 2. The number of hydrogen-bond acceptors (Lipinski definition) is 6. The second-order valence-corrected chi connectivity index (χ2v) is 7.57. The average molecular weight is 432 g/mol. The van der Waals surface area contributed by atoms with Crippen LogP contribution >= 0.6 is 11.8 Å². The van der Waals surface area contributed by atoms with Crippen LogP contribution in [0.4, 0.5) is 5.69 Å². The largest absolute Gasteiger partial charge is 0.497 e. The summed E-state index contributed by atoms with van der Waals surface area (Å²) in [6.45, 7) is 1.97. The summed E-state index contributed by atoms with van der Waals surface area (Å²) in [6, 6.07) is 13.0. The van der Waals surface area contributed by atoms with E-state index in [1.54, 1.807) is 26.2 Å². The van der Waals surface area contributed by atoms with Crippen LogP contribution < -0.4 is 10.1 Å². The van der Waals surface area contributed by atoms with Crippen LogP contribution in [0.3, 0.4) is 0 Å². The monoisotopic (exact) mass is 431 g/mol. The number of carbonyl (C=O) groups is 2. The zero-order chi connectivity index (χ0) is 22.1. The number of non-ortho nitro benzene ring substituents is 1. The Bertz CT molecular complexity index is 888. The van der Waals surface area contributed by atoms with E-state index in [0.29, 0.717) is 11.5 Å². The molecule has 9 heteroatoms. The number of ether oxygens (including phenoxy) is 1. The van der Waals surface area contributed by atoms with Gasteiger partial charge in [-0.15, -0.1) is 11.8 Å². The first-order valence-corrected chi connectivity index (χ1v) is 10.5. The molecule has 2 rings (SSSR count). The van der Waals surface area contributed by atoms with E-state index in [4.69, 9.17) is 4.74 Å². The second kappa shape index (κ2) is 11.2. The van der Waals surface area contributed by atoms with E-state index in [-0.39, 0.29) is 29.8 Å². The van der Waals surface area contributed by atoms with Gasteiger partial charge in [-0.2, -0.15) is 0 Å². The average Bonchev–Trinajstić information content (AvgIpc) is 2.76. The van der Waals surface area contributed by atoms with Crippen molar-refractivity contribution in [2.45, 2.75) is 25.3 Å². The Labute approximate surface area is 179 Å². The van der Waals surface area contributed by atoms with Gasteiger partial charge < -0.3 is 15.0 Å². The van der Waals surface area contributed by atoms with Gasteiger partial charge in [0.25, 0.3) is 5.69 Å². The van der Waals surface area contributed by atoms with Gasteiger partial charge >= 0.3 is 0 Å². The highest BCUT2D eigenvalue weighted by Crippen LogP contribution is 2.20. The first-order chi connectivity index (χ1) is 14.3. The molecule has 8 nitrogen and oxygen atoms in total. The number of thioether (sulfide) groups is 1. The van der Waals surface area contributed by atoms with Crippen LogP contribution in [0.5, 0.6) is 5.75 Å². The number of likely N-dealkylation sites (N-methyl/N-ethyl adjacent to an activating group) is 1. The van der Waals surface area contributed by atoms with E-state index >= 15 is 0 Å². The first-order valence-electron chi connectivity index (χ1n) is 9.30. The number of benzene rings is 2. The third-order valence-corrected chi connectivity index (χ3v) is 5.53. The predicted molar refractivity (Wildman–Crippen MR) is 116 cm³/mol. The van der Waals surface area contributed by atoms with Gasteiger partial charge in [0.15, 0.2) is 0 Å². The normalized spacial score (nSPS) is 11.4. The number of nitro groups is 1. The lowest BCUT2D eigenvalue weighted by molar-refractivity contribution is -0.384. The number of nitro benzene ring substituents is 1. The minimum atomic E-state index is -0.631. The lowest BCUT2D eigenvalue weighted by atomic mass is 10.1. The highest BCUT2D eigenvalue weighted by atomic mass is 32.2. The smallest absolute Gasteiger partial charge is 0.269 e. The summed E-state index contributed by atoms with van der Waals surface area (Å²) < 4.78 is 5.23. The molecule has 0 saturated carbocycles. The van der Waals surface area contributed by atoms with E-state index in [1.165, 1.54) is 35.8 Å². The molecule has 30 heavy (non-hydrogen) atoms. The van der Waals surface area contributed by atoms with Crippen molar-refractivity contribution in [2.24, 2.45) is 0 Å². The van der Waals surface area contributed by atoms with Crippen LogP contribution in [0.25, 0.3) is 0 Å².